The maximum absolute atomic E-state index is 12.4. The number of ether oxygens (including phenoxy) is 1. The predicted molar refractivity (Wildman–Crippen MR) is 109 cm³/mol. The fraction of sp³-hybridized carbons (Fsp3) is 0.304. The van der Waals surface area contributed by atoms with Crippen LogP contribution in [0.25, 0.3) is 11.0 Å². The maximum Gasteiger partial charge on any atom is 0.306 e. The molecule has 1 aromatic heterocycles. The van der Waals surface area contributed by atoms with Crippen LogP contribution in [-0.2, 0) is 28.8 Å². The zero-order valence-corrected chi connectivity index (χ0v) is 16.1. The van der Waals surface area contributed by atoms with Crippen LogP contribution in [0.15, 0.2) is 47.3 Å². The first-order chi connectivity index (χ1) is 14.1. The standard InChI is InChI=1S/C23H22N2O4/c26-21(17-10-9-15-5-1-2-6-16(15)13-17)14-29-22(27)12-11-20-23(28)25-19-8-4-3-7-18(19)24-20/h3-4,7-10,13H,1-2,5-6,11-12,14H2,(H,25,28). The molecule has 0 fully saturated rings. The fourth-order valence-corrected chi connectivity index (χ4v) is 3.67. The van der Waals surface area contributed by atoms with Crippen LogP contribution < -0.4 is 5.56 Å². The van der Waals surface area contributed by atoms with Crippen molar-refractivity contribution in [3.63, 3.8) is 0 Å². The smallest absolute Gasteiger partial charge is 0.306 e. The SMILES string of the molecule is O=C(CCc1nc2ccccc2[nH]c1=O)OCC(=O)c1ccc2c(c1)CCCC2. The first kappa shape index (κ1) is 19.1. The molecular formula is C23H22N2O4. The van der Waals surface area contributed by atoms with Gasteiger partial charge in [0.1, 0.15) is 5.69 Å². The number of nitrogens with one attached hydrogen (secondary N) is 1. The van der Waals surface area contributed by atoms with Crippen LogP contribution in [0.1, 0.15) is 46.4 Å². The number of esters is 1. The summed E-state index contributed by atoms with van der Waals surface area (Å²) < 4.78 is 5.12. The van der Waals surface area contributed by atoms with E-state index in [1.807, 2.05) is 24.3 Å². The molecule has 1 aliphatic carbocycles. The molecule has 6 heteroatoms. The van der Waals surface area contributed by atoms with Crippen LogP contribution in [0.2, 0.25) is 0 Å². The van der Waals surface area contributed by atoms with Crippen molar-refractivity contribution in [2.75, 3.05) is 6.61 Å². The molecule has 1 aliphatic rings. The molecule has 1 heterocycles. The molecule has 0 unspecified atom stereocenters. The van der Waals surface area contributed by atoms with Crippen molar-refractivity contribution in [1.29, 1.82) is 0 Å². The van der Waals surface area contributed by atoms with Crippen LogP contribution in [0, 0.1) is 0 Å². The minimum absolute atomic E-state index is 0.00805. The van der Waals surface area contributed by atoms with Gasteiger partial charge in [0.25, 0.3) is 5.56 Å². The average molecular weight is 390 g/mol. The topological polar surface area (TPSA) is 89.1 Å². The van der Waals surface area contributed by atoms with Gasteiger partial charge in [0, 0.05) is 12.0 Å². The molecule has 0 spiro atoms. The van der Waals surface area contributed by atoms with E-state index >= 15 is 0 Å². The molecule has 0 aliphatic heterocycles. The molecule has 1 N–H and O–H groups in total. The van der Waals surface area contributed by atoms with E-state index in [-0.39, 0.29) is 36.5 Å². The highest BCUT2D eigenvalue weighted by molar-refractivity contribution is 5.98. The van der Waals surface area contributed by atoms with Crippen LogP contribution >= 0.6 is 0 Å². The molecule has 0 saturated carbocycles. The molecule has 148 valence electrons. The summed E-state index contributed by atoms with van der Waals surface area (Å²) in [6.07, 6.45) is 4.52. The number of ketones is 1. The number of fused-ring (bicyclic) bond motifs is 2. The van der Waals surface area contributed by atoms with Gasteiger partial charge in [0.05, 0.1) is 17.5 Å². The third-order valence-corrected chi connectivity index (χ3v) is 5.27. The van der Waals surface area contributed by atoms with Crippen molar-refractivity contribution in [3.05, 3.63) is 75.2 Å². The third kappa shape index (κ3) is 4.42. The van der Waals surface area contributed by atoms with Crippen molar-refractivity contribution >= 4 is 22.8 Å². The third-order valence-electron chi connectivity index (χ3n) is 5.27. The van der Waals surface area contributed by atoms with E-state index in [4.69, 9.17) is 4.74 Å². The zero-order valence-electron chi connectivity index (χ0n) is 16.1. The number of benzene rings is 2. The number of para-hydroxylation sites is 2. The average Bonchev–Trinajstić information content (AvgIpc) is 2.75. The lowest BCUT2D eigenvalue weighted by molar-refractivity contribution is -0.142. The Hall–Kier alpha value is -3.28. The minimum atomic E-state index is -0.523. The number of nitrogens with zero attached hydrogens (tertiary/aromatic N) is 1. The number of aromatic nitrogens is 2. The number of hydrogen-bond donors (Lipinski definition) is 1. The van der Waals surface area contributed by atoms with E-state index in [2.05, 4.69) is 9.97 Å². The Balaban J connectivity index is 1.33. The molecule has 0 saturated heterocycles. The van der Waals surface area contributed by atoms with E-state index in [1.165, 1.54) is 17.5 Å². The quantitative estimate of drug-likeness (QED) is 0.516. The Morgan fingerprint density at radius 1 is 1.03 bits per heavy atom. The van der Waals surface area contributed by atoms with Gasteiger partial charge in [0.15, 0.2) is 12.4 Å². The van der Waals surface area contributed by atoms with Crippen molar-refractivity contribution in [3.8, 4) is 0 Å². The van der Waals surface area contributed by atoms with Crippen molar-refractivity contribution in [2.24, 2.45) is 0 Å². The van der Waals surface area contributed by atoms with E-state index in [9.17, 15) is 14.4 Å². The largest absolute Gasteiger partial charge is 0.457 e. The number of carbonyl (C=O) groups excluding carboxylic acids is 2. The van der Waals surface area contributed by atoms with Gasteiger partial charge in [-0.2, -0.15) is 0 Å². The molecular weight excluding hydrogens is 368 g/mol. The van der Waals surface area contributed by atoms with Crippen LogP contribution in [0.4, 0.5) is 0 Å². The number of aryl methyl sites for hydroxylation is 3. The maximum atomic E-state index is 12.4. The number of hydrogen-bond acceptors (Lipinski definition) is 5. The zero-order chi connectivity index (χ0) is 20.2. The summed E-state index contributed by atoms with van der Waals surface area (Å²) in [6, 6.07) is 12.9. The molecule has 4 rings (SSSR count). The number of aromatic amines is 1. The first-order valence-corrected chi connectivity index (χ1v) is 9.89. The summed E-state index contributed by atoms with van der Waals surface area (Å²) in [4.78, 5) is 43.6. The Bertz CT molecular complexity index is 1130. The second kappa shape index (κ2) is 8.39. The molecule has 2 aromatic carbocycles. The van der Waals surface area contributed by atoms with Crippen molar-refractivity contribution < 1.29 is 14.3 Å². The Morgan fingerprint density at radius 3 is 2.69 bits per heavy atom. The van der Waals surface area contributed by atoms with E-state index in [1.54, 1.807) is 18.2 Å². The molecule has 6 nitrogen and oxygen atoms in total. The summed E-state index contributed by atoms with van der Waals surface area (Å²) in [7, 11) is 0. The lowest BCUT2D eigenvalue weighted by Gasteiger charge is -2.16. The van der Waals surface area contributed by atoms with Crippen molar-refractivity contribution in [2.45, 2.75) is 38.5 Å². The first-order valence-electron chi connectivity index (χ1n) is 9.89. The van der Waals surface area contributed by atoms with Gasteiger partial charge in [-0.05, 0) is 55.0 Å². The summed E-state index contributed by atoms with van der Waals surface area (Å²) in [5.41, 5.74) is 4.37. The highest BCUT2D eigenvalue weighted by Gasteiger charge is 2.15. The molecule has 29 heavy (non-hydrogen) atoms. The van der Waals surface area contributed by atoms with Gasteiger partial charge in [-0.15, -0.1) is 0 Å². The van der Waals surface area contributed by atoms with Gasteiger partial charge in [-0.1, -0.05) is 24.3 Å². The fourth-order valence-electron chi connectivity index (χ4n) is 3.67. The lowest BCUT2D eigenvalue weighted by Crippen LogP contribution is -2.19. The number of Topliss-reactive ketones (excluding diaryl/α,β-unsaturated/α-hetero) is 1. The second-order valence-electron chi connectivity index (χ2n) is 7.30. The van der Waals surface area contributed by atoms with Gasteiger partial charge in [-0.3, -0.25) is 14.4 Å². The normalized spacial score (nSPS) is 13.1. The van der Waals surface area contributed by atoms with Crippen LogP contribution in [0.3, 0.4) is 0 Å². The molecule has 0 amide bonds. The Kier molecular flexibility index (Phi) is 5.51. The summed E-state index contributed by atoms with van der Waals surface area (Å²) in [5.74, 6) is -0.737. The Labute approximate surface area is 167 Å². The number of H-pyrrole nitrogens is 1. The van der Waals surface area contributed by atoms with Gasteiger partial charge >= 0.3 is 5.97 Å². The number of rotatable bonds is 6. The van der Waals surface area contributed by atoms with Crippen LogP contribution in [-0.4, -0.2) is 28.3 Å². The predicted octanol–water partition coefficient (Wildman–Crippen LogP) is 3.16. The molecule has 0 atom stereocenters. The monoisotopic (exact) mass is 390 g/mol. The van der Waals surface area contributed by atoms with Gasteiger partial charge in [0.2, 0.25) is 0 Å². The number of carbonyl (C=O) groups is 2. The van der Waals surface area contributed by atoms with Gasteiger partial charge < -0.3 is 9.72 Å². The van der Waals surface area contributed by atoms with Crippen molar-refractivity contribution in [1.82, 2.24) is 9.97 Å². The lowest BCUT2D eigenvalue weighted by atomic mass is 9.90. The molecule has 0 bridgehead atoms. The Morgan fingerprint density at radius 2 is 1.83 bits per heavy atom. The highest BCUT2D eigenvalue weighted by atomic mass is 16.5. The molecule has 0 radical (unpaired) electrons. The van der Waals surface area contributed by atoms with Gasteiger partial charge in [-0.25, -0.2) is 4.98 Å². The minimum Gasteiger partial charge on any atom is -0.457 e. The summed E-state index contributed by atoms with van der Waals surface area (Å²) >= 11 is 0. The summed E-state index contributed by atoms with van der Waals surface area (Å²) in [5, 5.41) is 0. The second-order valence-corrected chi connectivity index (χ2v) is 7.30. The molecule has 3 aromatic rings. The highest BCUT2D eigenvalue weighted by Crippen LogP contribution is 2.22. The van der Waals surface area contributed by atoms with E-state index in [0.29, 0.717) is 16.6 Å². The van der Waals surface area contributed by atoms with Crippen LogP contribution in [0.5, 0.6) is 0 Å². The van der Waals surface area contributed by atoms with E-state index in [0.717, 1.165) is 19.3 Å². The summed E-state index contributed by atoms with van der Waals surface area (Å²) in [6.45, 7) is -0.293. The van der Waals surface area contributed by atoms with E-state index < -0.39 is 5.97 Å².